The lowest BCUT2D eigenvalue weighted by molar-refractivity contribution is -0.118. The van der Waals surface area contributed by atoms with E-state index in [1.807, 2.05) is 0 Å². The van der Waals surface area contributed by atoms with E-state index in [4.69, 9.17) is 5.73 Å². The van der Waals surface area contributed by atoms with E-state index in [0.29, 0.717) is 6.42 Å². The zero-order valence-electron chi connectivity index (χ0n) is 9.71. The first kappa shape index (κ1) is 11.8. The smallest absolute Gasteiger partial charge is 0.218 e. The average molecular weight is 205 g/mol. The van der Waals surface area contributed by atoms with Crippen LogP contribution in [-0.4, -0.2) is 5.91 Å². The molecule has 0 aromatic heterocycles. The lowest BCUT2D eigenvalue weighted by atomic mass is 9.91. The predicted octanol–water partition coefficient (Wildman–Crippen LogP) is 2.67. The van der Waals surface area contributed by atoms with E-state index < -0.39 is 0 Å². The molecule has 0 radical (unpaired) electrons. The zero-order chi connectivity index (χ0) is 11.4. The van der Waals surface area contributed by atoms with Gasteiger partial charge in [0.25, 0.3) is 0 Å². The second-order valence-electron chi connectivity index (χ2n) is 4.12. The van der Waals surface area contributed by atoms with Crippen LogP contribution in [0.2, 0.25) is 0 Å². The van der Waals surface area contributed by atoms with E-state index in [1.165, 1.54) is 16.7 Å². The van der Waals surface area contributed by atoms with Gasteiger partial charge in [0.1, 0.15) is 0 Å². The Balaban J connectivity index is 2.92. The van der Waals surface area contributed by atoms with Gasteiger partial charge >= 0.3 is 0 Å². The Morgan fingerprint density at radius 2 is 2.00 bits per heavy atom. The van der Waals surface area contributed by atoms with Gasteiger partial charge in [-0.25, -0.2) is 0 Å². The maximum Gasteiger partial charge on any atom is 0.218 e. The molecule has 0 aliphatic carbocycles. The third-order valence-corrected chi connectivity index (χ3v) is 2.94. The van der Waals surface area contributed by atoms with Gasteiger partial charge in [0.05, 0.1) is 0 Å². The number of benzene rings is 1. The van der Waals surface area contributed by atoms with Gasteiger partial charge in [-0.2, -0.15) is 0 Å². The summed E-state index contributed by atoms with van der Waals surface area (Å²) in [6.07, 6.45) is 1.39. The summed E-state index contributed by atoms with van der Waals surface area (Å²) in [5, 5.41) is 0. The van der Waals surface area contributed by atoms with Crippen molar-refractivity contribution in [3.05, 3.63) is 34.9 Å². The van der Waals surface area contributed by atoms with Crippen molar-refractivity contribution < 1.29 is 4.79 Å². The van der Waals surface area contributed by atoms with Crippen molar-refractivity contribution in [3.8, 4) is 0 Å². The number of hydrogen-bond acceptors (Lipinski definition) is 1. The van der Waals surface area contributed by atoms with Gasteiger partial charge in [-0.15, -0.1) is 0 Å². The van der Waals surface area contributed by atoms with Crippen LogP contribution in [0, 0.1) is 13.8 Å². The van der Waals surface area contributed by atoms with E-state index in [2.05, 4.69) is 39.0 Å². The molecule has 0 aliphatic heterocycles. The van der Waals surface area contributed by atoms with Gasteiger partial charge < -0.3 is 5.73 Å². The first-order valence-electron chi connectivity index (χ1n) is 5.40. The molecule has 0 spiro atoms. The quantitative estimate of drug-likeness (QED) is 0.806. The van der Waals surface area contributed by atoms with Crippen molar-refractivity contribution in [3.63, 3.8) is 0 Å². The van der Waals surface area contributed by atoms with Crippen molar-refractivity contribution in [1.29, 1.82) is 0 Å². The Morgan fingerprint density at radius 1 is 1.33 bits per heavy atom. The number of carbonyl (C=O) groups is 1. The minimum absolute atomic E-state index is 0.222. The second-order valence-corrected chi connectivity index (χ2v) is 4.12. The van der Waals surface area contributed by atoms with Crippen molar-refractivity contribution in [2.45, 2.75) is 39.5 Å². The molecule has 1 rings (SSSR count). The molecule has 0 saturated heterocycles. The second kappa shape index (κ2) is 4.96. The summed E-state index contributed by atoms with van der Waals surface area (Å²) in [6.45, 7) is 6.27. The maximum absolute atomic E-state index is 10.9. The van der Waals surface area contributed by atoms with Crippen LogP contribution in [0.1, 0.15) is 42.4 Å². The maximum atomic E-state index is 10.9. The molecule has 2 nitrogen and oxygen atoms in total. The van der Waals surface area contributed by atoms with Crippen LogP contribution < -0.4 is 5.73 Å². The number of primary amides is 1. The van der Waals surface area contributed by atoms with E-state index in [1.54, 1.807) is 0 Å². The standard InChI is InChI=1S/C13H19NO/c1-4-11(8-13(14)15)12-6-5-9(2)10(3)7-12/h5-7,11H,4,8H2,1-3H3,(H2,14,15). The van der Waals surface area contributed by atoms with E-state index >= 15 is 0 Å². The minimum atomic E-state index is -0.222. The minimum Gasteiger partial charge on any atom is -0.370 e. The Morgan fingerprint density at radius 3 is 2.47 bits per heavy atom. The van der Waals surface area contributed by atoms with Gasteiger partial charge in [-0.3, -0.25) is 4.79 Å². The van der Waals surface area contributed by atoms with Crippen LogP contribution >= 0.6 is 0 Å². The molecule has 1 aromatic carbocycles. The van der Waals surface area contributed by atoms with Gasteiger partial charge in [-0.1, -0.05) is 25.1 Å². The molecule has 1 atom stereocenters. The molecular formula is C13H19NO. The lowest BCUT2D eigenvalue weighted by Crippen LogP contribution is -2.15. The van der Waals surface area contributed by atoms with Gasteiger partial charge in [0.2, 0.25) is 5.91 Å². The topological polar surface area (TPSA) is 43.1 Å². The highest BCUT2D eigenvalue weighted by atomic mass is 16.1. The van der Waals surface area contributed by atoms with Crippen LogP contribution in [0.5, 0.6) is 0 Å². The van der Waals surface area contributed by atoms with E-state index in [-0.39, 0.29) is 11.8 Å². The van der Waals surface area contributed by atoms with Crippen molar-refractivity contribution in [1.82, 2.24) is 0 Å². The number of carbonyl (C=O) groups excluding carboxylic acids is 1. The highest BCUT2D eigenvalue weighted by molar-refractivity contribution is 5.74. The molecular weight excluding hydrogens is 186 g/mol. The van der Waals surface area contributed by atoms with Gasteiger partial charge in [0, 0.05) is 6.42 Å². The Hall–Kier alpha value is -1.31. The molecule has 1 amide bonds. The van der Waals surface area contributed by atoms with Crippen molar-refractivity contribution >= 4 is 5.91 Å². The Labute approximate surface area is 91.5 Å². The summed E-state index contributed by atoms with van der Waals surface area (Å²) in [5.74, 6) is 0.0434. The third-order valence-electron chi connectivity index (χ3n) is 2.94. The Bertz CT molecular complexity index is 358. The van der Waals surface area contributed by atoms with Crippen LogP contribution in [0.25, 0.3) is 0 Å². The summed E-state index contributed by atoms with van der Waals surface area (Å²) >= 11 is 0. The normalized spacial score (nSPS) is 12.5. The van der Waals surface area contributed by atoms with Crippen LogP contribution in [-0.2, 0) is 4.79 Å². The SMILES string of the molecule is CCC(CC(N)=O)c1ccc(C)c(C)c1. The lowest BCUT2D eigenvalue weighted by Gasteiger charge is -2.14. The number of hydrogen-bond donors (Lipinski definition) is 1. The summed E-state index contributed by atoms with van der Waals surface area (Å²) in [5.41, 5.74) is 9.02. The summed E-state index contributed by atoms with van der Waals surface area (Å²) < 4.78 is 0. The van der Waals surface area contributed by atoms with Crippen LogP contribution in [0.3, 0.4) is 0 Å². The first-order chi connectivity index (χ1) is 7.04. The molecule has 0 saturated carbocycles. The molecule has 2 N–H and O–H groups in total. The molecule has 0 fully saturated rings. The van der Waals surface area contributed by atoms with Crippen molar-refractivity contribution in [2.24, 2.45) is 5.73 Å². The van der Waals surface area contributed by atoms with Gasteiger partial charge in [-0.05, 0) is 42.9 Å². The first-order valence-corrected chi connectivity index (χ1v) is 5.40. The van der Waals surface area contributed by atoms with Crippen LogP contribution in [0.15, 0.2) is 18.2 Å². The monoisotopic (exact) mass is 205 g/mol. The molecule has 15 heavy (non-hydrogen) atoms. The molecule has 0 heterocycles. The predicted molar refractivity (Wildman–Crippen MR) is 62.8 cm³/mol. The molecule has 1 aromatic rings. The molecule has 0 bridgehead atoms. The fraction of sp³-hybridized carbons (Fsp3) is 0.462. The van der Waals surface area contributed by atoms with Crippen LogP contribution in [0.4, 0.5) is 0 Å². The van der Waals surface area contributed by atoms with E-state index in [9.17, 15) is 4.79 Å². The number of nitrogens with two attached hydrogens (primary N) is 1. The van der Waals surface area contributed by atoms with E-state index in [0.717, 1.165) is 6.42 Å². The fourth-order valence-corrected chi connectivity index (χ4v) is 1.76. The fourth-order valence-electron chi connectivity index (χ4n) is 1.76. The highest BCUT2D eigenvalue weighted by Gasteiger charge is 2.12. The average Bonchev–Trinajstić information content (AvgIpc) is 2.18. The Kier molecular flexibility index (Phi) is 3.89. The number of amides is 1. The molecule has 82 valence electrons. The third kappa shape index (κ3) is 3.08. The van der Waals surface area contributed by atoms with Gasteiger partial charge in [0.15, 0.2) is 0 Å². The molecule has 0 aliphatic rings. The number of rotatable bonds is 4. The summed E-state index contributed by atoms with van der Waals surface area (Å²) in [4.78, 5) is 10.9. The molecule has 1 unspecified atom stereocenters. The summed E-state index contributed by atoms with van der Waals surface area (Å²) in [6, 6.07) is 6.36. The zero-order valence-corrected chi connectivity index (χ0v) is 9.71. The highest BCUT2D eigenvalue weighted by Crippen LogP contribution is 2.24. The van der Waals surface area contributed by atoms with Crippen molar-refractivity contribution in [2.75, 3.05) is 0 Å². The summed E-state index contributed by atoms with van der Waals surface area (Å²) in [7, 11) is 0. The molecule has 2 heteroatoms. The number of aryl methyl sites for hydroxylation is 2. The largest absolute Gasteiger partial charge is 0.370 e.